The molecular formula is C17H13Cl2N7. The summed E-state index contributed by atoms with van der Waals surface area (Å²) in [6.45, 7) is 2.03. The summed E-state index contributed by atoms with van der Waals surface area (Å²) in [7, 11) is 1.92. The van der Waals surface area contributed by atoms with Crippen molar-refractivity contribution in [3.8, 4) is 0 Å². The van der Waals surface area contributed by atoms with Crippen LogP contribution in [0.5, 0.6) is 0 Å². The lowest BCUT2D eigenvalue weighted by Crippen LogP contribution is -2.13. The summed E-state index contributed by atoms with van der Waals surface area (Å²) in [5.74, 6) is 1.12. The summed E-state index contributed by atoms with van der Waals surface area (Å²) in [6.07, 6.45) is 3.17. The molecule has 0 saturated carbocycles. The van der Waals surface area contributed by atoms with Crippen molar-refractivity contribution in [3.05, 3.63) is 59.0 Å². The van der Waals surface area contributed by atoms with E-state index in [-0.39, 0.29) is 10.6 Å². The largest absolute Gasteiger partial charge is 0.279 e. The molecule has 26 heavy (non-hydrogen) atoms. The first-order chi connectivity index (χ1) is 12.5. The molecule has 9 heteroatoms. The van der Waals surface area contributed by atoms with E-state index in [9.17, 15) is 0 Å². The van der Waals surface area contributed by atoms with Gasteiger partial charge in [0, 0.05) is 30.5 Å². The van der Waals surface area contributed by atoms with E-state index in [0.29, 0.717) is 11.6 Å². The van der Waals surface area contributed by atoms with E-state index >= 15 is 0 Å². The van der Waals surface area contributed by atoms with Crippen molar-refractivity contribution in [3.63, 3.8) is 0 Å². The Balaban J connectivity index is 1.93. The molecule has 0 spiro atoms. The molecule has 0 aliphatic carbocycles. The normalized spacial score (nSPS) is 11.1. The van der Waals surface area contributed by atoms with Crippen molar-refractivity contribution < 1.29 is 0 Å². The molecule has 0 N–H and O–H groups in total. The van der Waals surface area contributed by atoms with Gasteiger partial charge < -0.3 is 0 Å². The fraction of sp³-hybridized carbons (Fsp3) is 0.118. The quantitative estimate of drug-likeness (QED) is 0.491. The van der Waals surface area contributed by atoms with Gasteiger partial charge in [0.15, 0.2) is 0 Å². The van der Waals surface area contributed by atoms with E-state index in [4.69, 9.17) is 23.2 Å². The zero-order valence-electron chi connectivity index (χ0n) is 13.9. The molecule has 130 valence electrons. The minimum Gasteiger partial charge on any atom is -0.279 e. The lowest BCUT2D eigenvalue weighted by atomic mass is 10.2. The van der Waals surface area contributed by atoms with Crippen molar-refractivity contribution in [1.29, 1.82) is 0 Å². The van der Waals surface area contributed by atoms with E-state index < -0.39 is 0 Å². The second kappa shape index (κ2) is 6.51. The van der Waals surface area contributed by atoms with Crippen molar-refractivity contribution in [2.24, 2.45) is 7.05 Å². The number of halogens is 2. The van der Waals surface area contributed by atoms with Gasteiger partial charge in [-0.1, -0.05) is 0 Å². The van der Waals surface area contributed by atoms with Crippen molar-refractivity contribution >= 4 is 51.4 Å². The van der Waals surface area contributed by atoms with Crippen LogP contribution in [0, 0.1) is 6.92 Å². The van der Waals surface area contributed by atoms with Gasteiger partial charge >= 0.3 is 0 Å². The first-order valence-electron chi connectivity index (χ1n) is 7.73. The fourth-order valence-electron chi connectivity index (χ4n) is 2.74. The molecule has 0 aliphatic rings. The van der Waals surface area contributed by atoms with Gasteiger partial charge in [0.2, 0.25) is 10.6 Å². The minimum atomic E-state index is 0.141. The Morgan fingerprint density at radius 3 is 2.12 bits per heavy atom. The molecule has 0 fully saturated rings. The molecule has 1 aromatic carbocycles. The zero-order chi connectivity index (χ0) is 18.3. The van der Waals surface area contributed by atoms with Crippen molar-refractivity contribution in [2.75, 3.05) is 4.90 Å². The van der Waals surface area contributed by atoms with E-state index in [2.05, 4.69) is 25.0 Å². The average Bonchev–Trinajstić information content (AvgIpc) is 2.89. The highest BCUT2D eigenvalue weighted by molar-refractivity contribution is 6.28. The third kappa shape index (κ3) is 2.95. The molecular weight excluding hydrogens is 373 g/mol. The van der Waals surface area contributed by atoms with Gasteiger partial charge in [-0.25, -0.2) is 9.97 Å². The van der Waals surface area contributed by atoms with Gasteiger partial charge in [-0.3, -0.25) is 9.58 Å². The van der Waals surface area contributed by atoms with Crippen molar-refractivity contribution in [2.45, 2.75) is 6.92 Å². The van der Waals surface area contributed by atoms with Gasteiger partial charge in [0.1, 0.15) is 11.6 Å². The van der Waals surface area contributed by atoms with Crippen molar-refractivity contribution in [1.82, 2.24) is 29.7 Å². The van der Waals surface area contributed by atoms with Crippen LogP contribution in [0.2, 0.25) is 10.6 Å². The highest BCUT2D eigenvalue weighted by atomic mass is 35.5. The number of aromatic nitrogens is 6. The maximum Gasteiger partial charge on any atom is 0.224 e. The highest BCUT2D eigenvalue weighted by Gasteiger charge is 2.18. The third-order valence-electron chi connectivity index (χ3n) is 4.05. The Hall–Kier alpha value is -2.77. The smallest absolute Gasteiger partial charge is 0.224 e. The summed E-state index contributed by atoms with van der Waals surface area (Å²) in [6, 6.07) is 9.45. The molecule has 0 atom stereocenters. The van der Waals surface area contributed by atoms with Crippen LogP contribution in [0.4, 0.5) is 17.3 Å². The van der Waals surface area contributed by atoms with E-state index in [1.165, 1.54) is 0 Å². The first kappa shape index (κ1) is 16.7. The monoisotopic (exact) mass is 385 g/mol. The summed E-state index contributed by atoms with van der Waals surface area (Å²) >= 11 is 12.0. The van der Waals surface area contributed by atoms with Crippen LogP contribution in [0.1, 0.15) is 5.69 Å². The lowest BCUT2D eigenvalue weighted by Gasteiger charge is -2.22. The summed E-state index contributed by atoms with van der Waals surface area (Å²) < 4.78 is 1.85. The number of rotatable bonds is 3. The second-order valence-electron chi connectivity index (χ2n) is 5.61. The van der Waals surface area contributed by atoms with Crippen LogP contribution in [0.3, 0.4) is 0 Å². The van der Waals surface area contributed by atoms with Gasteiger partial charge in [-0.15, -0.1) is 0 Å². The second-order valence-corrected chi connectivity index (χ2v) is 6.29. The van der Waals surface area contributed by atoms with Gasteiger partial charge in [0.25, 0.3) is 0 Å². The van der Waals surface area contributed by atoms with Crippen LogP contribution < -0.4 is 4.90 Å². The molecule has 7 nitrogen and oxygen atoms in total. The SMILES string of the molecule is Cc1c2ccc(N(c3ccnc(Cl)n3)c3ccnc(Cl)n3)cc2nn1C. The Labute approximate surface area is 159 Å². The van der Waals surface area contributed by atoms with Gasteiger partial charge in [0.05, 0.1) is 11.2 Å². The van der Waals surface area contributed by atoms with Crippen LogP contribution in [-0.2, 0) is 7.05 Å². The molecule has 0 saturated heterocycles. The number of nitrogens with zero attached hydrogens (tertiary/aromatic N) is 7. The van der Waals surface area contributed by atoms with E-state index in [1.807, 2.05) is 41.8 Å². The predicted octanol–water partition coefficient (Wildman–Crippen LogP) is 4.24. The molecule has 0 amide bonds. The average molecular weight is 386 g/mol. The maximum atomic E-state index is 5.99. The molecule has 0 bridgehead atoms. The van der Waals surface area contributed by atoms with Crippen LogP contribution >= 0.6 is 23.2 Å². The molecule has 0 radical (unpaired) electrons. The Morgan fingerprint density at radius 2 is 1.54 bits per heavy atom. The Morgan fingerprint density at radius 1 is 0.923 bits per heavy atom. The lowest BCUT2D eigenvalue weighted by molar-refractivity contribution is 0.751. The Kier molecular flexibility index (Phi) is 4.18. The van der Waals surface area contributed by atoms with Crippen LogP contribution in [0.15, 0.2) is 42.7 Å². The number of benzene rings is 1. The molecule has 0 aliphatic heterocycles. The highest BCUT2D eigenvalue weighted by Crippen LogP contribution is 2.34. The molecule has 4 aromatic rings. The summed E-state index contributed by atoms with van der Waals surface area (Å²) in [5.41, 5.74) is 2.78. The number of hydrogen-bond acceptors (Lipinski definition) is 6. The fourth-order valence-corrected chi connectivity index (χ4v) is 3.03. The number of hydrogen-bond donors (Lipinski definition) is 0. The number of anilines is 3. The maximum absolute atomic E-state index is 5.99. The topological polar surface area (TPSA) is 72.6 Å². The first-order valence-corrected chi connectivity index (χ1v) is 8.49. The predicted molar refractivity (Wildman–Crippen MR) is 101 cm³/mol. The molecule has 0 unspecified atom stereocenters. The molecule has 4 rings (SSSR count). The Bertz CT molecular complexity index is 1060. The zero-order valence-corrected chi connectivity index (χ0v) is 15.4. The number of fused-ring (bicyclic) bond motifs is 1. The number of aryl methyl sites for hydroxylation is 2. The van der Waals surface area contributed by atoms with E-state index in [1.54, 1.807) is 24.5 Å². The minimum absolute atomic E-state index is 0.141. The summed E-state index contributed by atoms with van der Waals surface area (Å²) in [5, 5.41) is 5.91. The third-order valence-corrected chi connectivity index (χ3v) is 4.42. The van der Waals surface area contributed by atoms with Crippen LogP contribution in [-0.4, -0.2) is 29.7 Å². The standard InChI is InChI=1S/C17H13Cl2N7/c1-10-12-4-3-11(9-13(12)24-25(10)2)26(14-5-7-20-16(18)22-14)15-6-8-21-17(19)23-15/h3-9H,1-2H3. The molecule has 3 heterocycles. The van der Waals surface area contributed by atoms with E-state index in [0.717, 1.165) is 22.3 Å². The van der Waals surface area contributed by atoms with Gasteiger partial charge in [-0.05, 0) is 60.5 Å². The van der Waals surface area contributed by atoms with Crippen LogP contribution in [0.25, 0.3) is 10.9 Å². The summed E-state index contributed by atoms with van der Waals surface area (Å²) in [4.78, 5) is 18.3. The molecule has 3 aromatic heterocycles. The van der Waals surface area contributed by atoms with Gasteiger partial charge in [-0.2, -0.15) is 15.1 Å².